The molecule has 0 unspecified atom stereocenters. The Labute approximate surface area is 136 Å². The van der Waals surface area contributed by atoms with Crippen molar-refractivity contribution in [1.29, 1.82) is 0 Å². The molecular formula is C18H23FN4. The van der Waals surface area contributed by atoms with Crippen LogP contribution in [0.2, 0.25) is 0 Å². The van der Waals surface area contributed by atoms with Gasteiger partial charge in [-0.1, -0.05) is 30.3 Å². The van der Waals surface area contributed by atoms with Gasteiger partial charge in [0, 0.05) is 32.7 Å². The number of anilines is 2. The van der Waals surface area contributed by atoms with Gasteiger partial charge in [-0.05, 0) is 30.5 Å². The second-order valence-electron chi connectivity index (χ2n) is 6.15. The zero-order valence-electron chi connectivity index (χ0n) is 13.5. The molecule has 0 atom stereocenters. The Morgan fingerprint density at radius 2 is 1.87 bits per heavy atom. The van der Waals surface area contributed by atoms with E-state index in [2.05, 4.69) is 34.1 Å². The predicted molar refractivity (Wildman–Crippen MR) is 91.8 cm³/mol. The summed E-state index contributed by atoms with van der Waals surface area (Å²) in [6, 6.07) is 13.8. The average Bonchev–Trinajstić information content (AvgIpc) is 2.58. The number of likely N-dealkylation sites (tertiary alicyclic amines) is 1. The maximum atomic E-state index is 13.4. The summed E-state index contributed by atoms with van der Waals surface area (Å²) in [4.78, 5) is 8.44. The van der Waals surface area contributed by atoms with Crippen molar-refractivity contribution in [3.63, 3.8) is 0 Å². The van der Waals surface area contributed by atoms with E-state index in [1.165, 1.54) is 11.6 Å². The Morgan fingerprint density at radius 1 is 1.17 bits per heavy atom. The van der Waals surface area contributed by atoms with Crippen LogP contribution in [-0.4, -0.2) is 36.1 Å². The van der Waals surface area contributed by atoms with Crippen LogP contribution in [0.5, 0.6) is 0 Å². The van der Waals surface area contributed by atoms with Crippen molar-refractivity contribution in [2.24, 2.45) is 0 Å². The summed E-state index contributed by atoms with van der Waals surface area (Å²) in [6.07, 6.45) is 2.06. The fraction of sp³-hybridized carbons (Fsp3) is 0.389. The SMILES string of the molecule is CN(c1nc(F)ccc1N)C1CCN(Cc2ccccc2)CC1. The zero-order chi connectivity index (χ0) is 16.2. The molecule has 23 heavy (non-hydrogen) atoms. The zero-order valence-corrected chi connectivity index (χ0v) is 13.5. The lowest BCUT2D eigenvalue weighted by Crippen LogP contribution is -2.43. The van der Waals surface area contributed by atoms with Crippen molar-refractivity contribution >= 4 is 11.5 Å². The van der Waals surface area contributed by atoms with Gasteiger partial charge >= 0.3 is 0 Å². The quantitative estimate of drug-likeness (QED) is 0.882. The molecule has 0 amide bonds. The van der Waals surface area contributed by atoms with Crippen molar-refractivity contribution in [3.8, 4) is 0 Å². The Bertz CT molecular complexity index is 639. The predicted octanol–water partition coefficient (Wildman–Crippen LogP) is 2.90. The van der Waals surface area contributed by atoms with Crippen LogP contribution >= 0.6 is 0 Å². The van der Waals surface area contributed by atoms with Crippen molar-refractivity contribution < 1.29 is 4.39 Å². The minimum atomic E-state index is -0.484. The molecular weight excluding hydrogens is 291 g/mol. The van der Waals surface area contributed by atoms with Gasteiger partial charge in [0.2, 0.25) is 5.95 Å². The van der Waals surface area contributed by atoms with E-state index in [1.807, 2.05) is 18.0 Å². The fourth-order valence-corrected chi connectivity index (χ4v) is 3.20. The Morgan fingerprint density at radius 3 is 2.57 bits per heavy atom. The van der Waals surface area contributed by atoms with Gasteiger partial charge in [-0.3, -0.25) is 4.90 Å². The second kappa shape index (κ2) is 6.96. The number of hydrogen-bond donors (Lipinski definition) is 1. The number of nitrogen functional groups attached to an aromatic ring is 1. The summed E-state index contributed by atoms with van der Waals surface area (Å²) in [5.41, 5.74) is 7.82. The molecule has 1 aliphatic rings. The van der Waals surface area contributed by atoms with Crippen LogP contribution < -0.4 is 10.6 Å². The molecule has 2 aromatic rings. The van der Waals surface area contributed by atoms with Crippen molar-refractivity contribution in [2.45, 2.75) is 25.4 Å². The van der Waals surface area contributed by atoms with Gasteiger partial charge in [0.25, 0.3) is 0 Å². The summed E-state index contributed by atoms with van der Waals surface area (Å²) in [5, 5.41) is 0. The van der Waals surface area contributed by atoms with E-state index in [9.17, 15) is 4.39 Å². The number of piperidine rings is 1. The molecule has 122 valence electrons. The summed E-state index contributed by atoms with van der Waals surface area (Å²) in [6.45, 7) is 3.04. The highest BCUT2D eigenvalue weighted by atomic mass is 19.1. The summed E-state index contributed by atoms with van der Waals surface area (Å²) in [7, 11) is 1.95. The molecule has 1 aliphatic heterocycles. The second-order valence-corrected chi connectivity index (χ2v) is 6.15. The number of nitrogens with two attached hydrogens (primary N) is 1. The fourth-order valence-electron chi connectivity index (χ4n) is 3.20. The van der Waals surface area contributed by atoms with Crippen LogP contribution in [0, 0.1) is 5.95 Å². The molecule has 0 spiro atoms. The molecule has 1 aromatic carbocycles. The molecule has 1 aromatic heterocycles. The third kappa shape index (κ3) is 3.79. The standard InChI is InChI=1S/C18H23FN4/c1-22(18-16(20)7-8-17(19)21-18)15-9-11-23(12-10-15)13-14-5-3-2-4-6-14/h2-8,15H,9-13,20H2,1H3. The molecule has 3 rings (SSSR count). The number of pyridine rings is 1. The van der Waals surface area contributed by atoms with E-state index < -0.39 is 5.95 Å². The lowest BCUT2D eigenvalue weighted by Gasteiger charge is -2.37. The normalized spacial score (nSPS) is 16.4. The van der Waals surface area contributed by atoms with Gasteiger partial charge in [0.05, 0.1) is 5.69 Å². The van der Waals surface area contributed by atoms with Gasteiger partial charge in [-0.25, -0.2) is 4.98 Å². The Hall–Kier alpha value is -2.14. The third-order valence-corrected chi connectivity index (χ3v) is 4.56. The van der Waals surface area contributed by atoms with Gasteiger partial charge in [-0.2, -0.15) is 4.39 Å². The molecule has 1 fully saturated rings. The van der Waals surface area contributed by atoms with E-state index in [0.717, 1.165) is 32.5 Å². The minimum absolute atomic E-state index is 0.346. The highest BCUT2D eigenvalue weighted by Gasteiger charge is 2.24. The monoisotopic (exact) mass is 314 g/mol. The number of aromatic nitrogens is 1. The van der Waals surface area contributed by atoms with E-state index >= 15 is 0 Å². The minimum Gasteiger partial charge on any atom is -0.396 e. The first-order valence-corrected chi connectivity index (χ1v) is 8.04. The summed E-state index contributed by atoms with van der Waals surface area (Å²) < 4.78 is 13.4. The lowest BCUT2D eigenvalue weighted by atomic mass is 10.0. The van der Waals surface area contributed by atoms with Crippen molar-refractivity contribution in [2.75, 3.05) is 30.8 Å². The molecule has 0 aliphatic carbocycles. The number of hydrogen-bond acceptors (Lipinski definition) is 4. The Balaban J connectivity index is 1.59. The maximum Gasteiger partial charge on any atom is 0.214 e. The van der Waals surface area contributed by atoms with Crippen molar-refractivity contribution in [1.82, 2.24) is 9.88 Å². The highest BCUT2D eigenvalue weighted by molar-refractivity contribution is 5.62. The molecule has 2 heterocycles. The first-order valence-electron chi connectivity index (χ1n) is 8.04. The van der Waals surface area contributed by atoms with E-state index in [-0.39, 0.29) is 0 Å². The topological polar surface area (TPSA) is 45.4 Å². The van der Waals surface area contributed by atoms with Crippen molar-refractivity contribution in [3.05, 3.63) is 54.0 Å². The average molecular weight is 314 g/mol. The van der Waals surface area contributed by atoms with Gasteiger partial charge < -0.3 is 10.6 Å². The molecule has 0 bridgehead atoms. The van der Waals surface area contributed by atoms with Crippen LogP contribution in [0.15, 0.2) is 42.5 Å². The molecule has 5 heteroatoms. The van der Waals surface area contributed by atoms with Crippen LogP contribution in [0.4, 0.5) is 15.9 Å². The molecule has 2 N–H and O–H groups in total. The van der Waals surface area contributed by atoms with Crippen LogP contribution in [0.1, 0.15) is 18.4 Å². The highest BCUT2D eigenvalue weighted by Crippen LogP contribution is 2.26. The van der Waals surface area contributed by atoms with Gasteiger partial charge in [-0.15, -0.1) is 0 Å². The van der Waals surface area contributed by atoms with E-state index in [0.29, 0.717) is 17.5 Å². The molecule has 0 radical (unpaired) electrons. The first kappa shape index (κ1) is 15.7. The van der Waals surface area contributed by atoms with Crippen LogP contribution in [-0.2, 0) is 6.54 Å². The van der Waals surface area contributed by atoms with Gasteiger partial charge in [0.15, 0.2) is 5.82 Å². The molecule has 4 nitrogen and oxygen atoms in total. The summed E-state index contributed by atoms with van der Waals surface area (Å²) in [5.74, 6) is 0.0640. The molecule has 0 saturated carbocycles. The smallest absolute Gasteiger partial charge is 0.214 e. The third-order valence-electron chi connectivity index (χ3n) is 4.56. The lowest BCUT2D eigenvalue weighted by molar-refractivity contribution is 0.203. The molecule has 1 saturated heterocycles. The number of halogens is 1. The maximum absolute atomic E-state index is 13.4. The van der Waals surface area contributed by atoms with Crippen LogP contribution in [0.3, 0.4) is 0 Å². The van der Waals surface area contributed by atoms with Gasteiger partial charge in [0.1, 0.15) is 0 Å². The van der Waals surface area contributed by atoms with Crippen LogP contribution in [0.25, 0.3) is 0 Å². The van der Waals surface area contributed by atoms with E-state index in [4.69, 9.17) is 5.73 Å². The summed E-state index contributed by atoms with van der Waals surface area (Å²) >= 11 is 0. The van der Waals surface area contributed by atoms with E-state index in [1.54, 1.807) is 6.07 Å². The number of benzene rings is 1. The number of nitrogens with zero attached hydrogens (tertiary/aromatic N) is 3. The largest absolute Gasteiger partial charge is 0.396 e. The first-order chi connectivity index (χ1) is 11.1. The number of rotatable bonds is 4. The Kier molecular flexibility index (Phi) is 4.76.